The number of rotatable bonds is 4. The first kappa shape index (κ1) is 15.0. The number of hydrogen-bond donors (Lipinski definition) is 2. The van der Waals surface area contributed by atoms with E-state index in [1.165, 1.54) is 0 Å². The lowest BCUT2D eigenvalue weighted by Gasteiger charge is -2.24. The van der Waals surface area contributed by atoms with Gasteiger partial charge in [0.05, 0.1) is 5.41 Å². The fourth-order valence-electron chi connectivity index (χ4n) is 2.25. The smallest absolute Gasteiger partial charge is 0.227 e. The third-order valence-electron chi connectivity index (χ3n) is 3.58. The summed E-state index contributed by atoms with van der Waals surface area (Å²) in [6, 6.07) is 0. The minimum atomic E-state index is -0.442. The second kappa shape index (κ2) is 5.26. The van der Waals surface area contributed by atoms with Crippen molar-refractivity contribution in [1.29, 1.82) is 0 Å². The normalized spacial score (nSPS) is 24.2. The van der Waals surface area contributed by atoms with E-state index in [2.05, 4.69) is 5.32 Å². The standard InChI is InChI=1S/C13H25N3O2/c1-12(2,14)6-5-10(17)16-8-7-13(3,9-16)11(18)15-4/h5-9,14H2,1-4H3,(H,15,18). The molecule has 1 aliphatic rings. The number of amides is 2. The summed E-state index contributed by atoms with van der Waals surface area (Å²) >= 11 is 0. The van der Waals surface area contributed by atoms with Crippen LogP contribution >= 0.6 is 0 Å². The molecule has 1 unspecified atom stereocenters. The van der Waals surface area contributed by atoms with Crippen LogP contribution in [0.3, 0.4) is 0 Å². The van der Waals surface area contributed by atoms with Gasteiger partial charge in [-0.2, -0.15) is 0 Å². The Hall–Kier alpha value is -1.10. The average molecular weight is 255 g/mol. The SMILES string of the molecule is CNC(=O)C1(C)CCN(C(=O)CCC(C)(C)N)C1. The van der Waals surface area contributed by atoms with Crippen LogP contribution in [0.1, 0.15) is 40.0 Å². The topological polar surface area (TPSA) is 75.4 Å². The van der Waals surface area contributed by atoms with E-state index in [1.54, 1.807) is 11.9 Å². The summed E-state index contributed by atoms with van der Waals surface area (Å²) in [7, 11) is 1.63. The van der Waals surface area contributed by atoms with Gasteiger partial charge in [0.15, 0.2) is 0 Å². The molecule has 0 aromatic rings. The maximum absolute atomic E-state index is 12.0. The lowest BCUT2D eigenvalue weighted by atomic mass is 9.89. The predicted octanol–water partition coefficient (Wildman–Crippen LogP) is 0.489. The Morgan fingerprint density at radius 2 is 2.06 bits per heavy atom. The Balaban J connectivity index is 2.51. The van der Waals surface area contributed by atoms with Crippen LogP contribution in [0.25, 0.3) is 0 Å². The second-order valence-electron chi connectivity index (χ2n) is 6.19. The van der Waals surface area contributed by atoms with E-state index >= 15 is 0 Å². The highest BCUT2D eigenvalue weighted by molar-refractivity contribution is 5.84. The van der Waals surface area contributed by atoms with Crippen molar-refractivity contribution in [2.75, 3.05) is 20.1 Å². The quantitative estimate of drug-likeness (QED) is 0.767. The summed E-state index contributed by atoms with van der Waals surface area (Å²) in [5.74, 6) is 0.109. The minimum absolute atomic E-state index is 0.0111. The van der Waals surface area contributed by atoms with Gasteiger partial charge in [0.2, 0.25) is 11.8 Å². The zero-order chi connectivity index (χ0) is 14.0. The van der Waals surface area contributed by atoms with Gasteiger partial charge in [-0.05, 0) is 33.6 Å². The molecule has 0 saturated carbocycles. The molecule has 0 bridgehead atoms. The second-order valence-corrected chi connectivity index (χ2v) is 6.19. The first-order chi connectivity index (χ1) is 8.18. The van der Waals surface area contributed by atoms with Crippen LogP contribution in [0.2, 0.25) is 0 Å². The molecule has 0 spiro atoms. The van der Waals surface area contributed by atoms with E-state index in [9.17, 15) is 9.59 Å². The van der Waals surface area contributed by atoms with Crippen molar-refractivity contribution in [2.24, 2.45) is 11.1 Å². The molecular formula is C13H25N3O2. The van der Waals surface area contributed by atoms with Gasteiger partial charge in [-0.15, -0.1) is 0 Å². The Bertz CT molecular complexity index is 336. The maximum Gasteiger partial charge on any atom is 0.227 e. The van der Waals surface area contributed by atoms with Crippen LogP contribution < -0.4 is 11.1 Å². The lowest BCUT2D eigenvalue weighted by molar-refractivity contribution is -0.132. The predicted molar refractivity (Wildman–Crippen MR) is 70.9 cm³/mol. The molecule has 104 valence electrons. The first-order valence-corrected chi connectivity index (χ1v) is 6.47. The van der Waals surface area contributed by atoms with Crippen molar-refractivity contribution in [1.82, 2.24) is 10.2 Å². The Kier molecular flexibility index (Phi) is 4.37. The van der Waals surface area contributed by atoms with Gasteiger partial charge in [-0.25, -0.2) is 0 Å². The van der Waals surface area contributed by atoms with Gasteiger partial charge in [0.25, 0.3) is 0 Å². The van der Waals surface area contributed by atoms with Crippen LogP contribution in [0.15, 0.2) is 0 Å². The van der Waals surface area contributed by atoms with Crippen molar-refractivity contribution < 1.29 is 9.59 Å². The molecule has 1 aliphatic heterocycles. The van der Waals surface area contributed by atoms with Crippen molar-refractivity contribution in [3.05, 3.63) is 0 Å². The third kappa shape index (κ3) is 3.70. The van der Waals surface area contributed by atoms with Crippen LogP contribution in [-0.2, 0) is 9.59 Å². The van der Waals surface area contributed by atoms with Gasteiger partial charge < -0.3 is 16.0 Å². The zero-order valence-electron chi connectivity index (χ0n) is 11.9. The number of nitrogens with one attached hydrogen (secondary N) is 1. The van der Waals surface area contributed by atoms with Crippen LogP contribution in [-0.4, -0.2) is 42.4 Å². The number of hydrogen-bond acceptors (Lipinski definition) is 3. The zero-order valence-corrected chi connectivity index (χ0v) is 11.9. The molecule has 0 radical (unpaired) electrons. The van der Waals surface area contributed by atoms with E-state index in [1.807, 2.05) is 20.8 Å². The first-order valence-electron chi connectivity index (χ1n) is 6.47. The molecule has 1 fully saturated rings. The molecule has 1 heterocycles. The molecule has 1 saturated heterocycles. The van der Waals surface area contributed by atoms with Gasteiger partial charge >= 0.3 is 0 Å². The Morgan fingerprint density at radius 3 is 2.56 bits per heavy atom. The van der Waals surface area contributed by atoms with E-state index in [0.717, 1.165) is 6.42 Å². The highest BCUT2D eigenvalue weighted by Gasteiger charge is 2.41. The van der Waals surface area contributed by atoms with Crippen LogP contribution in [0, 0.1) is 5.41 Å². The van der Waals surface area contributed by atoms with Gasteiger partial charge in [-0.3, -0.25) is 9.59 Å². The number of nitrogens with two attached hydrogens (primary N) is 1. The summed E-state index contributed by atoms with van der Waals surface area (Å²) < 4.78 is 0. The van der Waals surface area contributed by atoms with E-state index in [4.69, 9.17) is 5.73 Å². The Morgan fingerprint density at radius 1 is 1.44 bits per heavy atom. The molecule has 2 amide bonds. The van der Waals surface area contributed by atoms with E-state index in [0.29, 0.717) is 25.9 Å². The molecule has 0 aromatic carbocycles. The number of nitrogens with zero attached hydrogens (tertiary/aromatic N) is 1. The summed E-state index contributed by atoms with van der Waals surface area (Å²) in [6.07, 6.45) is 1.84. The van der Waals surface area contributed by atoms with Crippen molar-refractivity contribution in [3.63, 3.8) is 0 Å². The molecule has 3 N–H and O–H groups in total. The van der Waals surface area contributed by atoms with Gasteiger partial charge in [0.1, 0.15) is 0 Å². The molecule has 5 heteroatoms. The highest BCUT2D eigenvalue weighted by Crippen LogP contribution is 2.30. The molecule has 18 heavy (non-hydrogen) atoms. The van der Waals surface area contributed by atoms with Crippen molar-refractivity contribution in [3.8, 4) is 0 Å². The third-order valence-corrected chi connectivity index (χ3v) is 3.58. The molecule has 5 nitrogen and oxygen atoms in total. The monoisotopic (exact) mass is 255 g/mol. The maximum atomic E-state index is 12.0. The van der Waals surface area contributed by atoms with Crippen molar-refractivity contribution >= 4 is 11.8 Å². The summed E-state index contributed by atoms with van der Waals surface area (Å²) in [6.45, 7) is 6.91. The summed E-state index contributed by atoms with van der Waals surface area (Å²) in [5, 5.41) is 2.67. The largest absolute Gasteiger partial charge is 0.359 e. The number of carbonyl (C=O) groups is 2. The van der Waals surface area contributed by atoms with Gasteiger partial charge in [0, 0.05) is 32.1 Å². The van der Waals surface area contributed by atoms with Crippen LogP contribution in [0.5, 0.6) is 0 Å². The fourth-order valence-corrected chi connectivity index (χ4v) is 2.25. The molecule has 1 atom stereocenters. The molecule has 0 aromatic heterocycles. The molecular weight excluding hydrogens is 230 g/mol. The van der Waals surface area contributed by atoms with Crippen LogP contribution in [0.4, 0.5) is 0 Å². The molecule has 0 aliphatic carbocycles. The van der Waals surface area contributed by atoms with E-state index < -0.39 is 5.41 Å². The van der Waals surface area contributed by atoms with Crippen molar-refractivity contribution in [2.45, 2.75) is 45.6 Å². The molecule has 1 rings (SSSR count). The highest BCUT2D eigenvalue weighted by atomic mass is 16.2. The number of carbonyl (C=O) groups excluding carboxylic acids is 2. The van der Waals surface area contributed by atoms with Gasteiger partial charge in [-0.1, -0.05) is 0 Å². The van der Waals surface area contributed by atoms with E-state index in [-0.39, 0.29) is 17.4 Å². The summed E-state index contributed by atoms with van der Waals surface area (Å²) in [5.41, 5.74) is 5.11. The summed E-state index contributed by atoms with van der Waals surface area (Å²) in [4.78, 5) is 25.6. The Labute approximate surface area is 109 Å². The minimum Gasteiger partial charge on any atom is -0.359 e. The lowest BCUT2D eigenvalue weighted by Crippen LogP contribution is -2.41. The fraction of sp³-hybridized carbons (Fsp3) is 0.846. The average Bonchev–Trinajstić information content (AvgIpc) is 2.68. The number of likely N-dealkylation sites (tertiary alicyclic amines) is 1.